The van der Waals surface area contributed by atoms with Crippen molar-refractivity contribution in [2.75, 3.05) is 5.32 Å². The lowest BCUT2D eigenvalue weighted by Gasteiger charge is -2.05. The molecule has 104 valence electrons. The van der Waals surface area contributed by atoms with Crippen LogP contribution in [-0.2, 0) is 6.54 Å². The standard InChI is InChI=1S/C15H13N5O/c21-15-18-12-5-4-11(7-13(12)19-15)16-8-10-9-17-20-6-2-1-3-14(10)20/h1-7,9,16H,8H2,(H2,18,19,21). The normalized spacial score (nSPS) is 11.2. The summed E-state index contributed by atoms with van der Waals surface area (Å²) in [5, 5.41) is 7.66. The molecule has 6 nitrogen and oxygen atoms in total. The maximum Gasteiger partial charge on any atom is 0.323 e. The van der Waals surface area contributed by atoms with E-state index in [0.29, 0.717) is 6.54 Å². The minimum absolute atomic E-state index is 0.190. The van der Waals surface area contributed by atoms with E-state index in [1.807, 2.05) is 53.3 Å². The maximum absolute atomic E-state index is 11.2. The number of nitrogens with zero attached hydrogens (tertiary/aromatic N) is 2. The predicted molar refractivity (Wildman–Crippen MR) is 81.4 cm³/mol. The molecular weight excluding hydrogens is 266 g/mol. The number of rotatable bonds is 3. The predicted octanol–water partition coefficient (Wildman–Crippen LogP) is 2.12. The second-order valence-electron chi connectivity index (χ2n) is 4.89. The van der Waals surface area contributed by atoms with E-state index in [1.54, 1.807) is 0 Å². The number of anilines is 1. The summed E-state index contributed by atoms with van der Waals surface area (Å²) in [6, 6.07) is 11.7. The van der Waals surface area contributed by atoms with Crippen LogP contribution >= 0.6 is 0 Å². The van der Waals surface area contributed by atoms with E-state index < -0.39 is 0 Å². The first-order chi connectivity index (χ1) is 10.3. The van der Waals surface area contributed by atoms with Gasteiger partial charge in [0.05, 0.1) is 22.7 Å². The zero-order chi connectivity index (χ0) is 14.2. The highest BCUT2D eigenvalue weighted by molar-refractivity contribution is 5.78. The minimum atomic E-state index is -0.190. The highest BCUT2D eigenvalue weighted by atomic mass is 16.1. The molecule has 0 fully saturated rings. The largest absolute Gasteiger partial charge is 0.381 e. The van der Waals surface area contributed by atoms with Gasteiger partial charge in [-0.05, 0) is 30.3 Å². The highest BCUT2D eigenvalue weighted by Gasteiger charge is 2.04. The summed E-state index contributed by atoms with van der Waals surface area (Å²) in [5.41, 5.74) is 4.57. The topological polar surface area (TPSA) is 78.0 Å². The summed E-state index contributed by atoms with van der Waals surface area (Å²) < 4.78 is 1.85. The maximum atomic E-state index is 11.2. The average molecular weight is 279 g/mol. The van der Waals surface area contributed by atoms with Crippen molar-refractivity contribution in [1.82, 2.24) is 19.6 Å². The zero-order valence-corrected chi connectivity index (χ0v) is 11.1. The molecule has 3 heterocycles. The highest BCUT2D eigenvalue weighted by Crippen LogP contribution is 2.17. The lowest BCUT2D eigenvalue weighted by molar-refractivity contribution is 0.961. The first-order valence-corrected chi connectivity index (χ1v) is 6.67. The van der Waals surface area contributed by atoms with Gasteiger partial charge in [0.1, 0.15) is 0 Å². The molecule has 0 spiro atoms. The van der Waals surface area contributed by atoms with Crippen LogP contribution in [0.25, 0.3) is 16.6 Å². The van der Waals surface area contributed by atoms with E-state index in [2.05, 4.69) is 20.4 Å². The van der Waals surface area contributed by atoms with E-state index in [-0.39, 0.29) is 5.69 Å². The summed E-state index contributed by atoms with van der Waals surface area (Å²) in [7, 11) is 0. The van der Waals surface area contributed by atoms with Crippen molar-refractivity contribution in [2.24, 2.45) is 0 Å². The summed E-state index contributed by atoms with van der Waals surface area (Å²) in [6.07, 6.45) is 3.79. The fourth-order valence-electron chi connectivity index (χ4n) is 2.46. The molecule has 0 bridgehead atoms. The van der Waals surface area contributed by atoms with E-state index in [1.165, 1.54) is 0 Å². The minimum Gasteiger partial charge on any atom is -0.381 e. The molecule has 21 heavy (non-hydrogen) atoms. The molecule has 0 saturated heterocycles. The molecule has 4 aromatic rings. The second-order valence-corrected chi connectivity index (χ2v) is 4.89. The van der Waals surface area contributed by atoms with Gasteiger partial charge in [-0.25, -0.2) is 9.31 Å². The Bertz CT molecular complexity index is 978. The van der Waals surface area contributed by atoms with Crippen molar-refractivity contribution in [3.05, 3.63) is 64.8 Å². The van der Waals surface area contributed by atoms with Gasteiger partial charge >= 0.3 is 5.69 Å². The first kappa shape index (κ1) is 11.8. The summed E-state index contributed by atoms with van der Waals surface area (Å²) in [4.78, 5) is 16.7. The van der Waals surface area contributed by atoms with Crippen LogP contribution in [0.4, 0.5) is 5.69 Å². The van der Waals surface area contributed by atoms with Crippen LogP contribution in [0, 0.1) is 0 Å². The fourth-order valence-corrected chi connectivity index (χ4v) is 2.46. The smallest absolute Gasteiger partial charge is 0.323 e. The molecule has 0 amide bonds. The van der Waals surface area contributed by atoms with Gasteiger partial charge in [-0.1, -0.05) is 6.07 Å². The molecule has 3 aromatic heterocycles. The van der Waals surface area contributed by atoms with Crippen molar-refractivity contribution in [1.29, 1.82) is 0 Å². The monoisotopic (exact) mass is 279 g/mol. The van der Waals surface area contributed by atoms with E-state index in [0.717, 1.165) is 27.8 Å². The molecule has 0 aliphatic heterocycles. The van der Waals surface area contributed by atoms with Crippen LogP contribution in [0.15, 0.2) is 53.6 Å². The summed E-state index contributed by atoms with van der Waals surface area (Å²) in [6.45, 7) is 0.674. The Morgan fingerprint density at radius 2 is 2.05 bits per heavy atom. The molecule has 0 radical (unpaired) electrons. The first-order valence-electron chi connectivity index (χ1n) is 6.67. The molecule has 4 rings (SSSR count). The third kappa shape index (κ3) is 2.06. The number of pyridine rings is 1. The fraction of sp³-hybridized carbons (Fsp3) is 0.0667. The number of hydrogen-bond acceptors (Lipinski definition) is 3. The third-order valence-corrected chi connectivity index (χ3v) is 3.51. The average Bonchev–Trinajstić information content (AvgIpc) is 3.07. The molecule has 0 aliphatic carbocycles. The van der Waals surface area contributed by atoms with Gasteiger partial charge in [-0.3, -0.25) is 0 Å². The number of benzene rings is 1. The van der Waals surface area contributed by atoms with E-state index in [9.17, 15) is 4.79 Å². The number of imidazole rings is 1. The van der Waals surface area contributed by atoms with Crippen molar-refractivity contribution in [3.8, 4) is 0 Å². The van der Waals surface area contributed by atoms with E-state index >= 15 is 0 Å². The number of hydrogen-bond donors (Lipinski definition) is 3. The van der Waals surface area contributed by atoms with Crippen LogP contribution < -0.4 is 11.0 Å². The van der Waals surface area contributed by atoms with Gasteiger partial charge in [0.15, 0.2) is 0 Å². The zero-order valence-electron chi connectivity index (χ0n) is 11.1. The Balaban J connectivity index is 1.61. The molecule has 0 atom stereocenters. The van der Waals surface area contributed by atoms with Gasteiger partial charge in [-0.2, -0.15) is 5.10 Å². The Morgan fingerprint density at radius 1 is 1.14 bits per heavy atom. The molecule has 0 saturated carbocycles. The Kier molecular flexibility index (Phi) is 2.53. The quantitative estimate of drug-likeness (QED) is 0.537. The van der Waals surface area contributed by atoms with Crippen molar-refractivity contribution >= 4 is 22.2 Å². The number of H-pyrrole nitrogens is 2. The van der Waals surface area contributed by atoms with Crippen LogP contribution in [0.5, 0.6) is 0 Å². The molecule has 0 aliphatic rings. The number of nitrogens with one attached hydrogen (secondary N) is 3. The summed E-state index contributed by atoms with van der Waals surface area (Å²) >= 11 is 0. The van der Waals surface area contributed by atoms with Crippen LogP contribution in [-0.4, -0.2) is 19.6 Å². The molecule has 3 N–H and O–H groups in total. The third-order valence-electron chi connectivity index (χ3n) is 3.51. The number of aromatic amines is 2. The number of aromatic nitrogens is 4. The van der Waals surface area contributed by atoms with Crippen molar-refractivity contribution in [3.63, 3.8) is 0 Å². The summed E-state index contributed by atoms with van der Waals surface area (Å²) in [5.74, 6) is 0. The lowest BCUT2D eigenvalue weighted by Crippen LogP contribution is -1.99. The van der Waals surface area contributed by atoms with Crippen LogP contribution in [0.2, 0.25) is 0 Å². The number of fused-ring (bicyclic) bond motifs is 2. The molecule has 6 heteroatoms. The van der Waals surface area contributed by atoms with Crippen molar-refractivity contribution in [2.45, 2.75) is 6.54 Å². The van der Waals surface area contributed by atoms with Crippen LogP contribution in [0.3, 0.4) is 0 Å². The lowest BCUT2D eigenvalue weighted by atomic mass is 10.2. The van der Waals surface area contributed by atoms with Gasteiger partial charge in [0, 0.05) is 24.0 Å². The SMILES string of the molecule is O=c1[nH]c2ccc(NCc3cnn4ccccc34)cc2[nH]1. The molecule has 0 unspecified atom stereocenters. The van der Waals surface area contributed by atoms with Gasteiger partial charge in [-0.15, -0.1) is 0 Å². The Labute approximate surface area is 119 Å². The van der Waals surface area contributed by atoms with E-state index in [4.69, 9.17) is 0 Å². The van der Waals surface area contributed by atoms with Crippen molar-refractivity contribution < 1.29 is 0 Å². The van der Waals surface area contributed by atoms with Crippen LogP contribution in [0.1, 0.15) is 5.56 Å². The van der Waals surface area contributed by atoms with Gasteiger partial charge in [0.25, 0.3) is 0 Å². The molecule has 1 aromatic carbocycles. The van der Waals surface area contributed by atoms with Gasteiger partial charge < -0.3 is 15.3 Å². The Morgan fingerprint density at radius 3 is 3.00 bits per heavy atom. The molecular formula is C15H13N5O. The Hall–Kier alpha value is -3.02. The second kappa shape index (κ2) is 4.52. The van der Waals surface area contributed by atoms with Gasteiger partial charge in [0.2, 0.25) is 0 Å².